The predicted molar refractivity (Wildman–Crippen MR) is 74.6 cm³/mol. The average molecular weight is 236 g/mol. The molecular formula is C15H28N2. The fraction of sp³-hybridized carbons (Fsp3) is 0.800. The summed E-state index contributed by atoms with van der Waals surface area (Å²) in [6.07, 6.45) is 2.05. The Hall–Kier alpha value is -0.790. The van der Waals surface area contributed by atoms with E-state index in [1.807, 2.05) is 6.20 Å². The van der Waals surface area contributed by atoms with Crippen LogP contribution in [0.1, 0.15) is 73.6 Å². The maximum atomic E-state index is 4.64. The standard InChI is InChI=1S/C15H28N2/c1-13(2,3)11-10-16-17(15(7,8)9)12(11)14(4,5)6/h10H,1-9H3. The number of nitrogens with zero attached hydrogens (tertiary/aromatic N) is 2. The lowest BCUT2D eigenvalue weighted by Crippen LogP contribution is -2.32. The van der Waals surface area contributed by atoms with Gasteiger partial charge in [0.2, 0.25) is 0 Å². The Morgan fingerprint density at radius 1 is 0.824 bits per heavy atom. The largest absolute Gasteiger partial charge is 0.263 e. The van der Waals surface area contributed by atoms with E-state index in [9.17, 15) is 0 Å². The maximum Gasteiger partial charge on any atom is 0.0547 e. The third kappa shape index (κ3) is 2.91. The predicted octanol–water partition coefficient (Wildman–Crippen LogP) is 4.23. The summed E-state index contributed by atoms with van der Waals surface area (Å²) in [4.78, 5) is 0. The van der Waals surface area contributed by atoms with Gasteiger partial charge >= 0.3 is 0 Å². The van der Waals surface area contributed by atoms with Crippen molar-refractivity contribution in [1.29, 1.82) is 0 Å². The molecule has 1 rings (SSSR count). The van der Waals surface area contributed by atoms with Crippen LogP contribution < -0.4 is 0 Å². The van der Waals surface area contributed by atoms with Crippen LogP contribution in [0.4, 0.5) is 0 Å². The quantitative estimate of drug-likeness (QED) is 0.659. The first-order valence-corrected chi connectivity index (χ1v) is 6.44. The van der Waals surface area contributed by atoms with Crippen LogP contribution in [0.5, 0.6) is 0 Å². The molecule has 0 saturated carbocycles. The molecule has 17 heavy (non-hydrogen) atoms. The van der Waals surface area contributed by atoms with Crippen LogP contribution in [0.2, 0.25) is 0 Å². The Bertz CT molecular complexity index is 361. The fourth-order valence-electron chi connectivity index (χ4n) is 2.13. The molecule has 2 nitrogen and oxygen atoms in total. The van der Waals surface area contributed by atoms with Crippen molar-refractivity contribution in [3.63, 3.8) is 0 Å². The van der Waals surface area contributed by atoms with Gasteiger partial charge in [0.15, 0.2) is 0 Å². The van der Waals surface area contributed by atoms with Crippen molar-refractivity contribution in [3.8, 4) is 0 Å². The van der Waals surface area contributed by atoms with Crippen LogP contribution in [-0.4, -0.2) is 9.78 Å². The molecule has 0 saturated heterocycles. The molecule has 0 aliphatic rings. The Kier molecular flexibility index (Phi) is 3.24. The molecule has 0 aliphatic carbocycles. The van der Waals surface area contributed by atoms with E-state index in [4.69, 9.17) is 0 Å². The van der Waals surface area contributed by atoms with Crippen LogP contribution in [0, 0.1) is 0 Å². The summed E-state index contributed by atoms with van der Waals surface area (Å²) in [5, 5.41) is 4.64. The second-order valence-electron chi connectivity index (χ2n) is 7.99. The van der Waals surface area contributed by atoms with Crippen molar-refractivity contribution >= 4 is 0 Å². The molecule has 2 heteroatoms. The highest BCUT2D eigenvalue weighted by Gasteiger charge is 2.32. The van der Waals surface area contributed by atoms with E-state index in [-0.39, 0.29) is 16.4 Å². The van der Waals surface area contributed by atoms with Crippen molar-refractivity contribution in [1.82, 2.24) is 9.78 Å². The summed E-state index contributed by atoms with van der Waals surface area (Å²) in [5.41, 5.74) is 3.02. The zero-order chi connectivity index (χ0) is 13.6. The lowest BCUT2D eigenvalue weighted by molar-refractivity contribution is 0.319. The first-order chi connectivity index (χ1) is 7.35. The van der Waals surface area contributed by atoms with Crippen molar-refractivity contribution in [2.75, 3.05) is 0 Å². The summed E-state index contributed by atoms with van der Waals surface area (Å²) >= 11 is 0. The summed E-state index contributed by atoms with van der Waals surface area (Å²) in [7, 11) is 0. The van der Waals surface area contributed by atoms with Gasteiger partial charge in [-0.25, -0.2) is 0 Å². The molecule has 1 aromatic rings. The van der Waals surface area contributed by atoms with Crippen molar-refractivity contribution in [2.24, 2.45) is 0 Å². The third-order valence-electron chi connectivity index (χ3n) is 2.92. The monoisotopic (exact) mass is 236 g/mol. The summed E-state index contributed by atoms with van der Waals surface area (Å²) in [6, 6.07) is 0. The van der Waals surface area contributed by atoms with E-state index >= 15 is 0 Å². The van der Waals surface area contributed by atoms with Gasteiger partial charge in [-0.1, -0.05) is 41.5 Å². The van der Waals surface area contributed by atoms with Crippen LogP contribution >= 0.6 is 0 Å². The topological polar surface area (TPSA) is 17.8 Å². The molecule has 0 radical (unpaired) electrons. The number of rotatable bonds is 0. The van der Waals surface area contributed by atoms with Gasteiger partial charge in [-0.05, 0) is 31.7 Å². The first kappa shape index (κ1) is 14.3. The molecule has 0 N–H and O–H groups in total. The smallest absolute Gasteiger partial charge is 0.0547 e. The van der Waals surface area contributed by atoms with Crippen LogP contribution in [0.25, 0.3) is 0 Å². The lowest BCUT2D eigenvalue weighted by atomic mass is 9.79. The minimum atomic E-state index is 0.0338. The van der Waals surface area contributed by atoms with Crippen LogP contribution in [0.3, 0.4) is 0 Å². The molecule has 0 amide bonds. The zero-order valence-corrected chi connectivity index (χ0v) is 13.0. The average Bonchev–Trinajstić information content (AvgIpc) is 2.42. The molecule has 1 aromatic heterocycles. The highest BCUT2D eigenvalue weighted by molar-refractivity contribution is 5.31. The zero-order valence-electron chi connectivity index (χ0n) is 13.0. The minimum Gasteiger partial charge on any atom is -0.263 e. The highest BCUT2D eigenvalue weighted by atomic mass is 15.3. The first-order valence-electron chi connectivity index (χ1n) is 6.44. The van der Waals surface area contributed by atoms with E-state index in [1.54, 1.807) is 0 Å². The molecule has 0 fully saturated rings. The minimum absolute atomic E-state index is 0.0338. The summed E-state index contributed by atoms with van der Waals surface area (Å²) in [6.45, 7) is 20.2. The second kappa shape index (κ2) is 3.86. The van der Waals surface area contributed by atoms with E-state index in [2.05, 4.69) is 72.1 Å². The van der Waals surface area contributed by atoms with Crippen molar-refractivity contribution < 1.29 is 0 Å². The molecule has 98 valence electrons. The van der Waals surface area contributed by atoms with Gasteiger partial charge in [-0.2, -0.15) is 5.10 Å². The van der Waals surface area contributed by atoms with Gasteiger partial charge in [-0.15, -0.1) is 0 Å². The summed E-state index contributed by atoms with van der Waals surface area (Å²) in [5.74, 6) is 0. The molecule has 1 heterocycles. The van der Waals surface area contributed by atoms with Crippen LogP contribution in [-0.2, 0) is 16.4 Å². The molecule has 0 atom stereocenters. The number of hydrogen-bond acceptors (Lipinski definition) is 1. The third-order valence-corrected chi connectivity index (χ3v) is 2.92. The SMILES string of the molecule is CC(C)(C)c1cnn(C(C)(C)C)c1C(C)(C)C. The Labute approximate surface area is 106 Å². The van der Waals surface area contributed by atoms with E-state index in [0.29, 0.717) is 0 Å². The summed E-state index contributed by atoms with van der Waals surface area (Å²) < 4.78 is 2.19. The van der Waals surface area contributed by atoms with Crippen LogP contribution in [0.15, 0.2) is 6.20 Å². The molecule has 0 spiro atoms. The lowest BCUT2D eigenvalue weighted by Gasteiger charge is -2.32. The Morgan fingerprint density at radius 2 is 1.29 bits per heavy atom. The van der Waals surface area contributed by atoms with Gasteiger partial charge in [-0.3, -0.25) is 4.68 Å². The molecular weight excluding hydrogens is 208 g/mol. The molecule has 0 unspecified atom stereocenters. The maximum absolute atomic E-state index is 4.64. The van der Waals surface area contributed by atoms with Gasteiger partial charge in [0.05, 0.1) is 11.7 Å². The fourth-order valence-corrected chi connectivity index (χ4v) is 2.13. The Balaban J connectivity index is 3.53. The molecule has 0 aliphatic heterocycles. The van der Waals surface area contributed by atoms with E-state index in [0.717, 1.165) is 0 Å². The second-order valence-corrected chi connectivity index (χ2v) is 7.99. The number of aromatic nitrogens is 2. The van der Waals surface area contributed by atoms with Gasteiger partial charge in [0, 0.05) is 11.1 Å². The number of hydrogen-bond donors (Lipinski definition) is 0. The Morgan fingerprint density at radius 3 is 1.59 bits per heavy atom. The highest BCUT2D eigenvalue weighted by Crippen LogP contribution is 2.36. The molecule has 0 aromatic carbocycles. The van der Waals surface area contributed by atoms with Crippen molar-refractivity contribution in [2.45, 2.75) is 78.7 Å². The van der Waals surface area contributed by atoms with Gasteiger partial charge in [0.25, 0.3) is 0 Å². The van der Waals surface area contributed by atoms with Gasteiger partial charge in [0.1, 0.15) is 0 Å². The van der Waals surface area contributed by atoms with E-state index in [1.165, 1.54) is 11.3 Å². The van der Waals surface area contributed by atoms with E-state index < -0.39 is 0 Å². The van der Waals surface area contributed by atoms with Gasteiger partial charge < -0.3 is 0 Å². The molecule has 0 bridgehead atoms. The van der Waals surface area contributed by atoms with Crippen molar-refractivity contribution in [3.05, 3.63) is 17.5 Å². The normalized spacial score (nSPS) is 14.2.